The Morgan fingerprint density at radius 3 is 2.09 bits per heavy atom. The molecule has 0 radical (unpaired) electrons. The van der Waals surface area contributed by atoms with E-state index >= 15 is 0 Å². The SMILES string of the molecule is C[C@]12CC3CC(NS(=O)(=O)c4ccc(Cl)cc4)(C1)C[C@@](C)(C3)C2. The van der Waals surface area contributed by atoms with Crippen LogP contribution in [0.1, 0.15) is 52.4 Å². The second-order valence-electron chi connectivity index (χ2n) is 8.97. The van der Waals surface area contributed by atoms with Crippen molar-refractivity contribution in [3.05, 3.63) is 29.3 Å². The fourth-order valence-electron chi connectivity index (χ4n) is 6.52. The molecule has 0 spiro atoms. The normalized spacial score (nSPS) is 42.1. The summed E-state index contributed by atoms with van der Waals surface area (Å²) in [4.78, 5) is 0.313. The summed E-state index contributed by atoms with van der Waals surface area (Å²) in [6, 6.07) is 6.46. The molecule has 23 heavy (non-hydrogen) atoms. The Balaban J connectivity index is 1.67. The van der Waals surface area contributed by atoms with Crippen LogP contribution in [0.3, 0.4) is 0 Å². The zero-order chi connectivity index (χ0) is 16.5. The van der Waals surface area contributed by atoms with Gasteiger partial charge in [-0.05, 0) is 79.5 Å². The van der Waals surface area contributed by atoms with Gasteiger partial charge in [0.2, 0.25) is 10.0 Å². The van der Waals surface area contributed by atoms with Gasteiger partial charge in [-0.15, -0.1) is 0 Å². The van der Waals surface area contributed by atoms with Gasteiger partial charge in [0.15, 0.2) is 0 Å². The molecule has 1 aromatic carbocycles. The van der Waals surface area contributed by atoms with E-state index in [1.165, 1.54) is 19.3 Å². The molecular formula is C18H24ClNO2S. The topological polar surface area (TPSA) is 46.2 Å². The maximum Gasteiger partial charge on any atom is 0.241 e. The molecule has 4 bridgehead atoms. The molecule has 5 heteroatoms. The molecule has 0 saturated heterocycles. The maximum atomic E-state index is 12.9. The van der Waals surface area contributed by atoms with Gasteiger partial charge in [0.25, 0.3) is 0 Å². The maximum absolute atomic E-state index is 12.9. The van der Waals surface area contributed by atoms with Crippen LogP contribution in [-0.2, 0) is 10.0 Å². The Bertz CT molecular complexity index is 725. The highest BCUT2D eigenvalue weighted by Gasteiger charge is 2.61. The molecule has 4 aliphatic rings. The molecule has 1 aromatic rings. The molecule has 4 aliphatic carbocycles. The van der Waals surface area contributed by atoms with Crippen LogP contribution in [-0.4, -0.2) is 14.0 Å². The zero-order valence-electron chi connectivity index (χ0n) is 13.7. The Morgan fingerprint density at radius 1 is 1.00 bits per heavy atom. The van der Waals surface area contributed by atoms with Crippen molar-refractivity contribution in [2.45, 2.75) is 62.8 Å². The monoisotopic (exact) mass is 353 g/mol. The summed E-state index contributed by atoms with van der Waals surface area (Å²) in [5.74, 6) is 0.661. The van der Waals surface area contributed by atoms with E-state index in [9.17, 15) is 8.42 Å². The van der Waals surface area contributed by atoms with Crippen LogP contribution in [0.5, 0.6) is 0 Å². The number of benzene rings is 1. The average Bonchev–Trinajstić information content (AvgIpc) is 2.33. The van der Waals surface area contributed by atoms with Gasteiger partial charge in [-0.25, -0.2) is 13.1 Å². The van der Waals surface area contributed by atoms with Crippen LogP contribution in [0, 0.1) is 16.7 Å². The Hall–Kier alpha value is -0.580. The van der Waals surface area contributed by atoms with Crippen molar-refractivity contribution in [1.29, 1.82) is 0 Å². The molecule has 0 aliphatic heterocycles. The first-order valence-corrected chi connectivity index (χ1v) is 10.3. The lowest BCUT2D eigenvalue weighted by Gasteiger charge is -2.65. The van der Waals surface area contributed by atoms with E-state index in [0.717, 1.165) is 19.3 Å². The first kappa shape index (κ1) is 15.9. The van der Waals surface area contributed by atoms with E-state index in [-0.39, 0.29) is 16.4 Å². The van der Waals surface area contributed by atoms with Crippen molar-refractivity contribution >= 4 is 21.6 Å². The Morgan fingerprint density at radius 2 is 1.57 bits per heavy atom. The minimum Gasteiger partial charge on any atom is -0.207 e. The van der Waals surface area contributed by atoms with Crippen LogP contribution in [0.25, 0.3) is 0 Å². The first-order chi connectivity index (χ1) is 10.6. The standard InChI is InChI=1S/C18H24ClNO2S/c1-16-7-13-8-17(2,10-16)12-18(9-13,11-16)20-23(21,22)15-5-3-14(19)4-6-15/h3-6,13,20H,7-12H2,1-2H3/t13?,16-,17+,18?. The van der Waals surface area contributed by atoms with Gasteiger partial charge < -0.3 is 0 Å². The molecule has 4 fully saturated rings. The highest BCUT2D eigenvalue weighted by Crippen LogP contribution is 2.66. The number of halogens is 1. The molecular weight excluding hydrogens is 330 g/mol. The molecule has 3 nitrogen and oxygen atoms in total. The molecule has 0 aromatic heterocycles. The minimum atomic E-state index is -3.50. The zero-order valence-corrected chi connectivity index (χ0v) is 15.3. The van der Waals surface area contributed by atoms with Crippen molar-refractivity contribution in [2.24, 2.45) is 16.7 Å². The van der Waals surface area contributed by atoms with Gasteiger partial charge in [0.1, 0.15) is 0 Å². The van der Waals surface area contributed by atoms with Crippen molar-refractivity contribution in [2.75, 3.05) is 0 Å². The lowest BCUT2D eigenvalue weighted by atomic mass is 9.43. The first-order valence-electron chi connectivity index (χ1n) is 8.41. The summed E-state index contributed by atoms with van der Waals surface area (Å²) in [5.41, 5.74) is 0.314. The van der Waals surface area contributed by atoms with Crippen LogP contribution in [0.2, 0.25) is 5.02 Å². The third kappa shape index (κ3) is 2.73. The van der Waals surface area contributed by atoms with E-state index in [2.05, 4.69) is 18.6 Å². The number of hydrogen-bond acceptors (Lipinski definition) is 2. The van der Waals surface area contributed by atoms with Crippen LogP contribution in [0.15, 0.2) is 29.2 Å². The largest absolute Gasteiger partial charge is 0.241 e. The van der Waals surface area contributed by atoms with Gasteiger partial charge in [-0.1, -0.05) is 25.4 Å². The highest BCUT2D eigenvalue weighted by atomic mass is 35.5. The van der Waals surface area contributed by atoms with Gasteiger partial charge in [0, 0.05) is 10.6 Å². The van der Waals surface area contributed by atoms with Crippen molar-refractivity contribution in [3.63, 3.8) is 0 Å². The molecule has 1 N–H and O–H groups in total. The van der Waals surface area contributed by atoms with Crippen LogP contribution in [0.4, 0.5) is 0 Å². The highest BCUT2D eigenvalue weighted by molar-refractivity contribution is 7.89. The number of hydrogen-bond donors (Lipinski definition) is 1. The van der Waals surface area contributed by atoms with E-state index in [0.29, 0.717) is 15.8 Å². The summed E-state index contributed by atoms with van der Waals surface area (Å²) < 4.78 is 28.9. The summed E-state index contributed by atoms with van der Waals surface area (Å²) >= 11 is 5.88. The molecule has 4 atom stereocenters. The number of nitrogens with one attached hydrogen (secondary N) is 1. The second-order valence-corrected chi connectivity index (χ2v) is 11.1. The predicted molar refractivity (Wildman–Crippen MR) is 91.9 cm³/mol. The third-order valence-electron chi connectivity index (χ3n) is 6.10. The smallest absolute Gasteiger partial charge is 0.207 e. The van der Waals surface area contributed by atoms with E-state index in [1.54, 1.807) is 24.3 Å². The molecule has 5 rings (SSSR count). The fourth-order valence-corrected chi connectivity index (χ4v) is 8.06. The summed E-state index contributed by atoms with van der Waals surface area (Å²) in [6.07, 6.45) is 6.68. The minimum absolute atomic E-state index is 0.263. The fraction of sp³-hybridized carbons (Fsp3) is 0.667. The molecule has 126 valence electrons. The van der Waals surface area contributed by atoms with Crippen molar-refractivity contribution in [1.82, 2.24) is 4.72 Å². The number of rotatable bonds is 3. The van der Waals surface area contributed by atoms with E-state index in [4.69, 9.17) is 11.6 Å². The summed E-state index contributed by atoms with van der Waals surface area (Å²) in [5, 5.41) is 0.554. The molecule has 0 amide bonds. The summed E-state index contributed by atoms with van der Waals surface area (Å²) in [6.45, 7) is 4.70. The van der Waals surface area contributed by atoms with Crippen molar-refractivity contribution < 1.29 is 8.42 Å². The summed E-state index contributed by atoms with van der Waals surface area (Å²) in [7, 11) is -3.50. The lowest BCUT2D eigenvalue weighted by molar-refractivity contribution is -0.110. The molecule has 2 unspecified atom stereocenters. The number of sulfonamides is 1. The van der Waals surface area contributed by atoms with Crippen LogP contribution < -0.4 is 4.72 Å². The van der Waals surface area contributed by atoms with Gasteiger partial charge in [-0.2, -0.15) is 0 Å². The van der Waals surface area contributed by atoms with Crippen molar-refractivity contribution in [3.8, 4) is 0 Å². The Labute approximate surface area is 143 Å². The third-order valence-corrected chi connectivity index (χ3v) is 7.95. The molecule has 0 heterocycles. The van der Waals surface area contributed by atoms with E-state index in [1.807, 2.05) is 0 Å². The van der Waals surface area contributed by atoms with Gasteiger partial charge in [-0.3, -0.25) is 0 Å². The van der Waals surface area contributed by atoms with Gasteiger partial charge >= 0.3 is 0 Å². The average molecular weight is 354 g/mol. The van der Waals surface area contributed by atoms with Gasteiger partial charge in [0.05, 0.1) is 4.90 Å². The Kier molecular flexibility index (Phi) is 3.28. The van der Waals surface area contributed by atoms with E-state index < -0.39 is 10.0 Å². The predicted octanol–water partition coefficient (Wildman–Crippen LogP) is 4.37. The molecule has 4 saturated carbocycles. The second kappa shape index (κ2) is 4.74. The quantitative estimate of drug-likeness (QED) is 0.877. The lowest BCUT2D eigenvalue weighted by Crippen LogP contribution is -2.65. The van der Waals surface area contributed by atoms with Crippen LogP contribution >= 0.6 is 11.6 Å².